The molecule has 142 valence electrons. The Hall–Kier alpha value is -3.29. The van der Waals surface area contributed by atoms with Crippen molar-refractivity contribution in [1.29, 1.82) is 0 Å². The van der Waals surface area contributed by atoms with Gasteiger partial charge in [-0.25, -0.2) is 19.9 Å². The van der Waals surface area contributed by atoms with Gasteiger partial charge in [0.2, 0.25) is 5.88 Å². The van der Waals surface area contributed by atoms with Crippen LogP contribution >= 0.6 is 0 Å². The maximum Gasteiger partial charge on any atom is 0.227 e. The molecule has 1 aliphatic carbocycles. The zero-order valence-corrected chi connectivity index (χ0v) is 16.0. The van der Waals surface area contributed by atoms with E-state index in [0.29, 0.717) is 23.7 Å². The molecule has 1 N–H and O–H groups in total. The third-order valence-corrected chi connectivity index (χ3v) is 5.01. The average Bonchev–Trinajstić information content (AvgIpc) is 3.26. The first-order valence-electron chi connectivity index (χ1n) is 9.44. The lowest BCUT2D eigenvalue weighted by Crippen LogP contribution is -2.02. The molecule has 8 nitrogen and oxygen atoms in total. The Labute approximate surface area is 162 Å². The Bertz CT molecular complexity index is 1160. The summed E-state index contributed by atoms with van der Waals surface area (Å²) in [7, 11) is 1.61. The van der Waals surface area contributed by atoms with Crippen LogP contribution in [0, 0.1) is 0 Å². The second kappa shape index (κ2) is 6.40. The van der Waals surface area contributed by atoms with Crippen LogP contribution in [0.3, 0.4) is 0 Å². The van der Waals surface area contributed by atoms with E-state index in [0.717, 1.165) is 46.5 Å². The molecule has 0 amide bonds. The van der Waals surface area contributed by atoms with Gasteiger partial charge in [-0.1, -0.05) is 0 Å². The number of methoxy groups -OCH3 is 1. The average molecular weight is 375 g/mol. The molecule has 28 heavy (non-hydrogen) atoms. The van der Waals surface area contributed by atoms with Gasteiger partial charge in [-0.3, -0.25) is 4.68 Å². The molecule has 0 spiro atoms. The van der Waals surface area contributed by atoms with E-state index in [1.807, 2.05) is 29.2 Å². The Morgan fingerprint density at radius 2 is 2.07 bits per heavy atom. The van der Waals surface area contributed by atoms with Gasteiger partial charge < -0.3 is 9.72 Å². The highest BCUT2D eigenvalue weighted by molar-refractivity contribution is 5.83. The molecule has 0 unspecified atom stereocenters. The van der Waals surface area contributed by atoms with Crippen molar-refractivity contribution in [2.24, 2.45) is 0 Å². The van der Waals surface area contributed by atoms with Gasteiger partial charge in [-0.05, 0) is 38.8 Å². The van der Waals surface area contributed by atoms with E-state index in [-0.39, 0.29) is 0 Å². The summed E-state index contributed by atoms with van der Waals surface area (Å²) >= 11 is 0. The van der Waals surface area contributed by atoms with Crippen molar-refractivity contribution in [2.75, 3.05) is 7.11 Å². The summed E-state index contributed by atoms with van der Waals surface area (Å²) in [6, 6.07) is 4.33. The van der Waals surface area contributed by atoms with E-state index in [1.54, 1.807) is 13.4 Å². The fraction of sp³-hybridized carbons (Fsp3) is 0.350. The van der Waals surface area contributed by atoms with Crippen molar-refractivity contribution in [1.82, 2.24) is 34.7 Å². The second-order valence-electron chi connectivity index (χ2n) is 7.37. The highest BCUT2D eigenvalue weighted by Crippen LogP contribution is 2.44. The second-order valence-corrected chi connectivity index (χ2v) is 7.37. The van der Waals surface area contributed by atoms with Gasteiger partial charge in [0.05, 0.1) is 18.5 Å². The molecule has 1 saturated carbocycles. The number of aromatic amines is 1. The monoisotopic (exact) mass is 375 g/mol. The van der Waals surface area contributed by atoms with Crippen LogP contribution in [0.15, 0.2) is 30.9 Å². The highest BCUT2D eigenvalue weighted by Gasteiger charge is 2.31. The minimum Gasteiger partial charge on any atom is -0.480 e. The van der Waals surface area contributed by atoms with Gasteiger partial charge in [-0.15, -0.1) is 0 Å². The predicted octanol–water partition coefficient (Wildman–Crippen LogP) is 3.75. The van der Waals surface area contributed by atoms with Gasteiger partial charge in [-0.2, -0.15) is 5.10 Å². The van der Waals surface area contributed by atoms with Crippen molar-refractivity contribution >= 4 is 11.0 Å². The first-order chi connectivity index (χ1) is 13.6. The van der Waals surface area contributed by atoms with Crippen LogP contribution in [0.5, 0.6) is 5.88 Å². The number of hydrogen-bond donors (Lipinski definition) is 1. The standard InChI is InChI=1S/C20H21N7O/c1-11(2)27-7-6-14(26-27)15-8-13-9-21-19(25-18(13)24-15)16-17(12-4-5-12)22-10-23-20(16)28-3/h6-12H,4-5H2,1-3H3,(H,21,24,25). The number of nitrogens with one attached hydrogen (secondary N) is 1. The Kier molecular flexibility index (Phi) is 3.85. The lowest BCUT2D eigenvalue weighted by molar-refractivity contribution is 0.397. The maximum atomic E-state index is 5.48. The largest absolute Gasteiger partial charge is 0.480 e. The molecule has 1 aliphatic rings. The van der Waals surface area contributed by atoms with Crippen LogP contribution < -0.4 is 4.74 Å². The van der Waals surface area contributed by atoms with Gasteiger partial charge in [0.25, 0.3) is 0 Å². The molecule has 1 fully saturated rings. The molecule has 4 aromatic heterocycles. The van der Waals surface area contributed by atoms with Crippen LogP contribution in [0.2, 0.25) is 0 Å². The molecule has 0 aliphatic heterocycles. The molecule has 0 atom stereocenters. The number of H-pyrrole nitrogens is 1. The SMILES string of the molecule is COc1ncnc(C2CC2)c1-c1ncc2cc(-c3ccn(C(C)C)n3)[nH]c2n1. The molecule has 8 heteroatoms. The molecule has 4 aromatic rings. The van der Waals surface area contributed by atoms with E-state index in [1.165, 1.54) is 0 Å². The number of aromatic nitrogens is 7. The Balaban J connectivity index is 1.59. The van der Waals surface area contributed by atoms with Gasteiger partial charge in [0.15, 0.2) is 5.82 Å². The number of ether oxygens (including phenoxy) is 1. The van der Waals surface area contributed by atoms with Crippen molar-refractivity contribution in [3.8, 4) is 28.7 Å². The van der Waals surface area contributed by atoms with Gasteiger partial charge in [0, 0.05) is 29.7 Å². The highest BCUT2D eigenvalue weighted by atomic mass is 16.5. The normalized spacial score (nSPS) is 14.1. The van der Waals surface area contributed by atoms with Gasteiger partial charge >= 0.3 is 0 Å². The summed E-state index contributed by atoms with van der Waals surface area (Å²) < 4.78 is 7.41. The molecule has 0 aromatic carbocycles. The summed E-state index contributed by atoms with van der Waals surface area (Å²) in [6.07, 6.45) is 7.60. The molecule has 0 bridgehead atoms. The predicted molar refractivity (Wildman–Crippen MR) is 105 cm³/mol. The molecule has 0 radical (unpaired) electrons. The third-order valence-electron chi connectivity index (χ3n) is 5.01. The summed E-state index contributed by atoms with van der Waals surface area (Å²) in [6.45, 7) is 4.21. The van der Waals surface area contributed by atoms with Crippen molar-refractivity contribution in [3.05, 3.63) is 36.5 Å². The summed E-state index contributed by atoms with van der Waals surface area (Å²) in [4.78, 5) is 21.4. The summed E-state index contributed by atoms with van der Waals surface area (Å²) in [5.41, 5.74) is 4.31. The quantitative estimate of drug-likeness (QED) is 0.571. The molecular weight excluding hydrogens is 354 g/mol. The molecule has 5 rings (SSSR count). The van der Waals surface area contributed by atoms with E-state index < -0.39 is 0 Å². The zero-order chi connectivity index (χ0) is 19.3. The van der Waals surface area contributed by atoms with E-state index in [4.69, 9.17) is 9.72 Å². The number of hydrogen-bond acceptors (Lipinski definition) is 6. The Morgan fingerprint density at radius 3 is 2.79 bits per heavy atom. The smallest absolute Gasteiger partial charge is 0.227 e. The van der Waals surface area contributed by atoms with E-state index >= 15 is 0 Å². The summed E-state index contributed by atoms with van der Waals surface area (Å²) in [5, 5.41) is 5.56. The van der Waals surface area contributed by atoms with Gasteiger partial charge in [0.1, 0.15) is 23.2 Å². The maximum absolute atomic E-state index is 5.48. The van der Waals surface area contributed by atoms with Crippen LogP contribution in [-0.4, -0.2) is 41.8 Å². The first kappa shape index (κ1) is 16.9. The lowest BCUT2D eigenvalue weighted by Gasteiger charge is -2.10. The van der Waals surface area contributed by atoms with Crippen molar-refractivity contribution in [2.45, 2.75) is 38.6 Å². The summed E-state index contributed by atoms with van der Waals surface area (Å²) in [5.74, 6) is 1.53. The van der Waals surface area contributed by atoms with Crippen LogP contribution in [0.1, 0.15) is 44.3 Å². The van der Waals surface area contributed by atoms with Crippen LogP contribution in [-0.2, 0) is 0 Å². The molecule has 0 saturated heterocycles. The van der Waals surface area contributed by atoms with E-state index in [2.05, 4.69) is 38.9 Å². The lowest BCUT2D eigenvalue weighted by atomic mass is 10.1. The fourth-order valence-electron chi connectivity index (χ4n) is 3.36. The topological polar surface area (TPSA) is 94.4 Å². The number of fused-ring (bicyclic) bond motifs is 1. The Morgan fingerprint density at radius 1 is 1.21 bits per heavy atom. The third kappa shape index (κ3) is 2.81. The minimum absolute atomic E-state index is 0.316. The number of rotatable bonds is 5. The zero-order valence-electron chi connectivity index (χ0n) is 16.0. The van der Waals surface area contributed by atoms with Crippen LogP contribution in [0.4, 0.5) is 0 Å². The first-order valence-corrected chi connectivity index (χ1v) is 9.44. The fourth-order valence-corrected chi connectivity index (χ4v) is 3.36. The number of nitrogens with zero attached hydrogens (tertiary/aromatic N) is 6. The van der Waals surface area contributed by atoms with E-state index in [9.17, 15) is 0 Å². The minimum atomic E-state index is 0.316. The molecule has 4 heterocycles. The van der Waals surface area contributed by atoms with Crippen LogP contribution in [0.25, 0.3) is 33.8 Å². The van der Waals surface area contributed by atoms with Crippen molar-refractivity contribution in [3.63, 3.8) is 0 Å². The van der Waals surface area contributed by atoms with Crippen molar-refractivity contribution < 1.29 is 4.74 Å². The molecular formula is C20H21N7O.